The van der Waals surface area contributed by atoms with Gasteiger partial charge in [0, 0.05) is 6.07 Å². The SMILES string of the molecule is CCOC(=N)[C@H](O)c1ccccc1[N+](=O)[O-]. The number of benzene rings is 1. The lowest BCUT2D eigenvalue weighted by Gasteiger charge is -2.12. The molecule has 2 N–H and O–H groups in total. The molecule has 0 unspecified atom stereocenters. The third-order valence-corrected chi connectivity index (χ3v) is 1.98. The molecule has 0 aliphatic rings. The van der Waals surface area contributed by atoms with E-state index in [-0.39, 0.29) is 17.9 Å². The molecular weight excluding hydrogens is 212 g/mol. The van der Waals surface area contributed by atoms with Gasteiger partial charge in [0.05, 0.1) is 17.1 Å². The van der Waals surface area contributed by atoms with E-state index in [9.17, 15) is 15.2 Å². The maximum absolute atomic E-state index is 10.7. The van der Waals surface area contributed by atoms with Crippen molar-refractivity contribution in [2.45, 2.75) is 13.0 Å². The van der Waals surface area contributed by atoms with Gasteiger partial charge in [-0.05, 0) is 13.0 Å². The number of nitrogens with one attached hydrogen (secondary N) is 1. The van der Waals surface area contributed by atoms with Crippen LogP contribution in [-0.4, -0.2) is 22.5 Å². The van der Waals surface area contributed by atoms with E-state index < -0.39 is 16.9 Å². The van der Waals surface area contributed by atoms with Gasteiger partial charge < -0.3 is 9.84 Å². The predicted molar refractivity (Wildman–Crippen MR) is 57.4 cm³/mol. The molecule has 6 nitrogen and oxygen atoms in total. The summed E-state index contributed by atoms with van der Waals surface area (Å²) in [4.78, 5) is 10.1. The van der Waals surface area contributed by atoms with Crippen molar-refractivity contribution in [2.75, 3.05) is 6.61 Å². The van der Waals surface area contributed by atoms with E-state index >= 15 is 0 Å². The Morgan fingerprint density at radius 2 is 2.25 bits per heavy atom. The Balaban J connectivity index is 3.03. The van der Waals surface area contributed by atoms with E-state index in [0.717, 1.165) is 0 Å². The average molecular weight is 224 g/mol. The van der Waals surface area contributed by atoms with E-state index in [0.29, 0.717) is 0 Å². The minimum Gasteiger partial charge on any atom is -0.479 e. The van der Waals surface area contributed by atoms with Crippen LogP contribution in [0, 0.1) is 15.5 Å². The van der Waals surface area contributed by atoms with Gasteiger partial charge in [0.1, 0.15) is 0 Å². The molecule has 86 valence electrons. The number of para-hydroxylation sites is 1. The molecule has 1 atom stereocenters. The summed E-state index contributed by atoms with van der Waals surface area (Å²) in [6, 6.07) is 5.73. The Kier molecular flexibility index (Phi) is 3.96. The van der Waals surface area contributed by atoms with Crippen molar-refractivity contribution in [3.05, 3.63) is 39.9 Å². The Morgan fingerprint density at radius 1 is 1.62 bits per heavy atom. The molecule has 0 amide bonds. The van der Waals surface area contributed by atoms with Crippen molar-refractivity contribution in [2.24, 2.45) is 0 Å². The van der Waals surface area contributed by atoms with Gasteiger partial charge in [0.25, 0.3) is 5.69 Å². The van der Waals surface area contributed by atoms with Gasteiger partial charge in [0.2, 0.25) is 5.90 Å². The summed E-state index contributed by atoms with van der Waals surface area (Å²) < 4.78 is 4.80. The fourth-order valence-electron chi connectivity index (χ4n) is 1.26. The molecule has 0 aliphatic heterocycles. The van der Waals surface area contributed by atoms with Crippen LogP contribution >= 0.6 is 0 Å². The first kappa shape index (κ1) is 12.1. The van der Waals surface area contributed by atoms with Gasteiger partial charge >= 0.3 is 0 Å². The van der Waals surface area contributed by atoms with Crippen LogP contribution in [0.4, 0.5) is 5.69 Å². The summed E-state index contributed by atoms with van der Waals surface area (Å²) in [5, 5.41) is 27.8. The molecular formula is C10H12N2O4. The topological polar surface area (TPSA) is 96.5 Å². The first-order chi connectivity index (χ1) is 7.57. The van der Waals surface area contributed by atoms with Crippen LogP contribution in [0.15, 0.2) is 24.3 Å². The molecule has 1 aromatic carbocycles. The van der Waals surface area contributed by atoms with Gasteiger partial charge in [-0.3, -0.25) is 15.5 Å². The van der Waals surface area contributed by atoms with Crippen molar-refractivity contribution in [1.82, 2.24) is 0 Å². The quantitative estimate of drug-likeness (QED) is 0.351. The number of nitrogens with zero attached hydrogens (tertiary/aromatic N) is 1. The second kappa shape index (κ2) is 5.22. The molecule has 0 saturated heterocycles. The van der Waals surface area contributed by atoms with E-state index in [1.807, 2.05) is 0 Å². The molecule has 0 aromatic heterocycles. The van der Waals surface area contributed by atoms with Gasteiger partial charge in [-0.25, -0.2) is 0 Å². The molecule has 0 aliphatic carbocycles. The first-order valence-electron chi connectivity index (χ1n) is 4.70. The molecule has 0 bridgehead atoms. The van der Waals surface area contributed by atoms with Crippen LogP contribution in [-0.2, 0) is 4.74 Å². The maximum Gasteiger partial charge on any atom is 0.275 e. The van der Waals surface area contributed by atoms with Crippen molar-refractivity contribution < 1.29 is 14.8 Å². The van der Waals surface area contributed by atoms with Crippen LogP contribution in [0.25, 0.3) is 0 Å². The van der Waals surface area contributed by atoms with Crippen LogP contribution in [0.5, 0.6) is 0 Å². The minimum atomic E-state index is -1.40. The zero-order valence-corrected chi connectivity index (χ0v) is 8.71. The van der Waals surface area contributed by atoms with Crippen LogP contribution in [0.3, 0.4) is 0 Å². The largest absolute Gasteiger partial charge is 0.479 e. The fourth-order valence-corrected chi connectivity index (χ4v) is 1.26. The lowest BCUT2D eigenvalue weighted by molar-refractivity contribution is -0.386. The smallest absolute Gasteiger partial charge is 0.275 e. The van der Waals surface area contributed by atoms with E-state index in [1.165, 1.54) is 18.2 Å². The van der Waals surface area contributed by atoms with Crippen molar-refractivity contribution in [3.63, 3.8) is 0 Å². The Morgan fingerprint density at radius 3 is 2.81 bits per heavy atom. The van der Waals surface area contributed by atoms with E-state index in [4.69, 9.17) is 10.1 Å². The highest BCUT2D eigenvalue weighted by molar-refractivity contribution is 5.80. The summed E-state index contributed by atoms with van der Waals surface area (Å²) >= 11 is 0. The Labute approximate surface area is 92.1 Å². The highest BCUT2D eigenvalue weighted by Crippen LogP contribution is 2.25. The number of aliphatic hydroxyl groups is 1. The molecule has 16 heavy (non-hydrogen) atoms. The number of nitro benzene ring substituents is 1. The number of rotatable bonds is 4. The lowest BCUT2D eigenvalue weighted by Crippen LogP contribution is -2.15. The number of hydrogen-bond acceptors (Lipinski definition) is 5. The van der Waals surface area contributed by atoms with E-state index in [2.05, 4.69) is 0 Å². The number of nitro groups is 1. The molecule has 0 radical (unpaired) electrons. The normalized spacial score (nSPS) is 11.9. The molecule has 1 rings (SSSR count). The number of aliphatic hydroxyl groups excluding tert-OH is 1. The van der Waals surface area contributed by atoms with Crippen LogP contribution in [0.1, 0.15) is 18.6 Å². The monoisotopic (exact) mass is 224 g/mol. The fraction of sp³-hybridized carbons (Fsp3) is 0.300. The van der Waals surface area contributed by atoms with Crippen LogP contribution < -0.4 is 0 Å². The summed E-state index contributed by atoms with van der Waals surface area (Å²) in [6.07, 6.45) is -1.40. The number of hydrogen-bond donors (Lipinski definition) is 2. The zero-order valence-electron chi connectivity index (χ0n) is 8.71. The second-order valence-electron chi connectivity index (χ2n) is 3.02. The van der Waals surface area contributed by atoms with Gasteiger partial charge in [-0.1, -0.05) is 12.1 Å². The standard InChI is InChI=1S/C10H12N2O4/c1-2-16-10(11)9(13)7-5-3-4-6-8(7)12(14)15/h3-6,9,11,13H,2H2,1H3/t9-/m1/s1. The average Bonchev–Trinajstić information content (AvgIpc) is 2.28. The van der Waals surface area contributed by atoms with Gasteiger partial charge in [-0.2, -0.15) is 0 Å². The maximum atomic E-state index is 10.7. The summed E-state index contributed by atoms with van der Waals surface area (Å²) in [5.74, 6) is -0.392. The number of ether oxygens (including phenoxy) is 1. The van der Waals surface area contributed by atoms with Crippen molar-refractivity contribution in [1.29, 1.82) is 5.41 Å². The molecule has 0 fully saturated rings. The Bertz CT molecular complexity index is 406. The van der Waals surface area contributed by atoms with Gasteiger partial charge in [0.15, 0.2) is 6.10 Å². The first-order valence-corrected chi connectivity index (χ1v) is 4.70. The summed E-state index contributed by atoms with van der Waals surface area (Å²) in [7, 11) is 0. The third-order valence-electron chi connectivity index (χ3n) is 1.98. The van der Waals surface area contributed by atoms with Crippen molar-refractivity contribution in [3.8, 4) is 0 Å². The molecule has 0 spiro atoms. The zero-order chi connectivity index (χ0) is 12.1. The van der Waals surface area contributed by atoms with Gasteiger partial charge in [-0.15, -0.1) is 0 Å². The minimum absolute atomic E-state index is 0.0611. The van der Waals surface area contributed by atoms with E-state index in [1.54, 1.807) is 13.0 Å². The molecule has 0 saturated carbocycles. The second-order valence-corrected chi connectivity index (χ2v) is 3.02. The Hall–Kier alpha value is -1.95. The highest BCUT2D eigenvalue weighted by atomic mass is 16.6. The summed E-state index contributed by atoms with van der Waals surface area (Å²) in [6.45, 7) is 1.90. The predicted octanol–water partition coefficient (Wildman–Crippen LogP) is 1.64. The molecule has 0 heterocycles. The third kappa shape index (κ3) is 2.54. The highest BCUT2D eigenvalue weighted by Gasteiger charge is 2.23. The summed E-state index contributed by atoms with van der Waals surface area (Å²) in [5.41, 5.74) is -0.162. The molecule has 6 heteroatoms. The molecule has 1 aromatic rings. The van der Waals surface area contributed by atoms with Crippen molar-refractivity contribution >= 4 is 11.6 Å². The lowest BCUT2D eigenvalue weighted by atomic mass is 10.1. The van der Waals surface area contributed by atoms with Crippen LogP contribution in [0.2, 0.25) is 0 Å².